The number of benzene rings is 1. The van der Waals surface area contributed by atoms with Crippen LogP contribution in [0.4, 0.5) is 0 Å². The van der Waals surface area contributed by atoms with Gasteiger partial charge in [-0.05, 0) is 25.0 Å². The normalized spacial score (nSPS) is 20.4. The molecule has 1 saturated heterocycles. The van der Waals surface area contributed by atoms with Gasteiger partial charge in [0.25, 0.3) is 0 Å². The summed E-state index contributed by atoms with van der Waals surface area (Å²) < 4.78 is 37.9. The predicted molar refractivity (Wildman–Crippen MR) is 104 cm³/mol. The molecule has 0 radical (unpaired) electrons. The summed E-state index contributed by atoms with van der Waals surface area (Å²) in [5, 5.41) is 0. The Labute approximate surface area is 162 Å². The molecule has 0 N–H and O–H groups in total. The monoisotopic (exact) mass is 404 g/mol. The van der Waals surface area contributed by atoms with E-state index in [9.17, 15) is 8.42 Å². The van der Waals surface area contributed by atoms with Crippen molar-refractivity contribution in [3.63, 3.8) is 0 Å². The van der Waals surface area contributed by atoms with Crippen LogP contribution in [0.3, 0.4) is 0 Å². The van der Waals surface area contributed by atoms with Gasteiger partial charge in [0.05, 0.1) is 19.1 Å². The summed E-state index contributed by atoms with van der Waals surface area (Å²) in [6, 6.07) is 5.41. The molecule has 0 amide bonds. The lowest BCUT2D eigenvalue weighted by Gasteiger charge is -2.40. The Morgan fingerprint density at radius 2 is 1.54 bits per heavy atom. The fourth-order valence-electron chi connectivity index (χ4n) is 3.88. The van der Waals surface area contributed by atoms with Gasteiger partial charge < -0.3 is 9.47 Å². The molecule has 0 atom stereocenters. The third-order valence-corrected chi connectivity index (χ3v) is 7.25. The number of halogens is 1. The molecule has 1 aliphatic carbocycles. The summed E-state index contributed by atoms with van der Waals surface area (Å²) in [6.45, 7) is 2.73. The van der Waals surface area contributed by atoms with Gasteiger partial charge in [-0.25, -0.2) is 8.42 Å². The second kappa shape index (κ2) is 9.26. The standard InChI is InChI=1S/C18H28N2O4S.ClH/c1-23-17-9-8-16(14-18(17)24-2)25(21,22)20-12-10-19(11-13-20)15-6-4-3-5-7-15;/h8-9,14-15H,3-7,10-13H2,1-2H3;1H. The maximum atomic E-state index is 12.9. The lowest BCUT2D eigenvalue weighted by molar-refractivity contribution is 0.111. The first-order chi connectivity index (χ1) is 12.1. The highest BCUT2D eigenvalue weighted by Crippen LogP contribution is 2.31. The van der Waals surface area contributed by atoms with Gasteiger partial charge in [-0.15, -0.1) is 12.4 Å². The van der Waals surface area contributed by atoms with Crippen LogP contribution in [-0.4, -0.2) is 64.1 Å². The molecule has 1 saturated carbocycles. The molecule has 0 aromatic heterocycles. The molecule has 0 spiro atoms. The minimum absolute atomic E-state index is 0. The van der Waals surface area contributed by atoms with E-state index in [1.807, 2.05) is 0 Å². The molecule has 2 aliphatic rings. The number of rotatable bonds is 5. The maximum absolute atomic E-state index is 12.9. The van der Waals surface area contributed by atoms with Crippen molar-refractivity contribution in [3.8, 4) is 11.5 Å². The topological polar surface area (TPSA) is 59.1 Å². The van der Waals surface area contributed by atoms with Crippen molar-refractivity contribution >= 4 is 22.4 Å². The Morgan fingerprint density at radius 1 is 0.923 bits per heavy atom. The van der Waals surface area contributed by atoms with E-state index >= 15 is 0 Å². The Hall–Kier alpha value is -1.02. The van der Waals surface area contributed by atoms with E-state index in [4.69, 9.17) is 9.47 Å². The van der Waals surface area contributed by atoms with Crippen molar-refractivity contribution in [3.05, 3.63) is 18.2 Å². The molecule has 0 unspecified atom stereocenters. The van der Waals surface area contributed by atoms with Crippen molar-refractivity contribution < 1.29 is 17.9 Å². The molecule has 3 rings (SSSR count). The number of hydrogen-bond acceptors (Lipinski definition) is 5. The molecule has 6 nitrogen and oxygen atoms in total. The summed E-state index contributed by atoms with van der Waals surface area (Å²) in [5.74, 6) is 0.966. The van der Waals surface area contributed by atoms with E-state index in [0.29, 0.717) is 30.6 Å². The van der Waals surface area contributed by atoms with Gasteiger partial charge in [-0.1, -0.05) is 19.3 Å². The van der Waals surface area contributed by atoms with Crippen LogP contribution in [0.25, 0.3) is 0 Å². The van der Waals surface area contributed by atoms with Gasteiger partial charge in [0.1, 0.15) is 0 Å². The first kappa shape index (κ1) is 21.3. The van der Waals surface area contributed by atoms with E-state index in [0.717, 1.165) is 13.1 Å². The van der Waals surface area contributed by atoms with Crippen LogP contribution in [-0.2, 0) is 10.0 Å². The van der Waals surface area contributed by atoms with Gasteiger partial charge in [0.15, 0.2) is 11.5 Å². The molecule has 1 heterocycles. The first-order valence-electron chi connectivity index (χ1n) is 9.02. The summed E-state index contributed by atoms with van der Waals surface area (Å²) in [6.07, 6.45) is 6.44. The second-order valence-corrected chi connectivity index (χ2v) is 8.69. The molecular weight excluding hydrogens is 376 g/mol. The van der Waals surface area contributed by atoms with Crippen LogP contribution < -0.4 is 9.47 Å². The molecule has 1 aromatic carbocycles. The second-order valence-electron chi connectivity index (χ2n) is 6.75. The van der Waals surface area contributed by atoms with Crippen LogP contribution in [0, 0.1) is 0 Å². The zero-order valence-corrected chi connectivity index (χ0v) is 17.2. The highest BCUT2D eigenvalue weighted by molar-refractivity contribution is 7.89. The molecule has 26 heavy (non-hydrogen) atoms. The summed E-state index contributed by atoms with van der Waals surface area (Å²) >= 11 is 0. The van der Waals surface area contributed by atoms with Crippen LogP contribution in [0.5, 0.6) is 11.5 Å². The van der Waals surface area contributed by atoms with Gasteiger partial charge >= 0.3 is 0 Å². The number of hydrogen-bond donors (Lipinski definition) is 0. The lowest BCUT2D eigenvalue weighted by atomic mass is 9.94. The van der Waals surface area contributed by atoms with E-state index < -0.39 is 10.0 Å². The zero-order chi connectivity index (χ0) is 17.9. The van der Waals surface area contributed by atoms with Crippen molar-refractivity contribution in [2.75, 3.05) is 40.4 Å². The van der Waals surface area contributed by atoms with Crippen LogP contribution in [0.2, 0.25) is 0 Å². The average Bonchev–Trinajstić information content (AvgIpc) is 2.68. The van der Waals surface area contributed by atoms with E-state index in [1.165, 1.54) is 46.3 Å². The quantitative estimate of drug-likeness (QED) is 0.755. The molecule has 0 bridgehead atoms. The van der Waals surface area contributed by atoms with E-state index in [2.05, 4.69) is 4.90 Å². The molecular formula is C18H29ClN2O4S. The Bertz CT molecular complexity index is 684. The van der Waals surface area contributed by atoms with Crippen molar-refractivity contribution in [1.82, 2.24) is 9.21 Å². The highest BCUT2D eigenvalue weighted by atomic mass is 35.5. The molecule has 148 valence electrons. The lowest BCUT2D eigenvalue weighted by Crippen LogP contribution is -2.52. The molecule has 1 aromatic rings. The minimum Gasteiger partial charge on any atom is -0.493 e. The zero-order valence-electron chi connectivity index (χ0n) is 15.5. The van der Waals surface area contributed by atoms with Gasteiger partial charge in [-0.2, -0.15) is 4.31 Å². The number of ether oxygens (including phenoxy) is 2. The number of sulfonamides is 1. The fraction of sp³-hybridized carbons (Fsp3) is 0.667. The Morgan fingerprint density at radius 3 is 2.12 bits per heavy atom. The Balaban J connectivity index is 0.00000243. The van der Waals surface area contributed by atoms with Gasteiger partial charge in [-0.3, -0.25) is 4.90 Å². The summed E-state index contributed by atoms with van der Waals surface area (Å²) in [7, 11) is -0.453. The summed E-state index contributed by atoms with van der Waals surface area (Å²) in [4.78, 5) is 2.73. The largest absolute Gasteiger partial charge is 0.493 e. The van der Waals surface area contributed by atoms with Crippen molar-refractivity contribution in [2.24, 2.45) is 0 Å². The van der Waals surface area contributed by atoms with Crippen molar-refractivity contribution in [1.29, 1.82) is 0 Å². The van der Waals surface area contributed by atoms with Gasteiger partial charge in [0.2, 0.25) is 10.0 Å². The van der Waals surface area contributed by atoms with Crippen LogP contribution >= 0.6 is 12.4 Å². The highest BCUT2D eigenvalue weighted by Gasteiger charge is 2.31. The predicted octanol–water partition coefficient (Wildman–Crippen LogP) is 2.76. The Kier molecular flexibility index (Phi) is 7.58. The van der Waals surface area contributed by atoms with Crippen LogP contribution in [0.1, 0.15) is 32.1 Å². The number of nitrogens with zero attached hydrogens (tertiary/aromatic N) is 2. The minimum atomic E-state index is -3.50. The summed E-state index contributed by atoms with van der Waals surface area (Å²) in [5.41, 5.74) is 0. The smallest absolute Gasteiger partial charge is 0.243 e. The molecule has 2 fully saturated rings. The van der Waals surface area contributed by atoms with E-state index in [-0.39, 0.29) is 17.3 Å². The molecule has 8 heteroatoms. The average molecular weight is 405 g/mol. The number of piperazine rings is 1. The number of methoxy groups -OCH3 is 2. The van der Waals surface area contributed by atoms with Crippen LogP contribution in [0.15, 0.2) is 23.1 Å². The fourth-order valence-corrected chi connectivity index (χ4v) is 5.32. The SMILES string of the molecule is COc1ccc(S(=O)(=O)N2CCN(C3CCCCC3)CC2)cc1OC.Cl. The first-order valence-corrected chi connectivity index (χ1v) is 10.5. The molecule has 1 aliphatic heterocycles. The van der Waals surface area contributed by atoms with Crippen molar-refractivity contribution in [2.45, 2.75) is 43.0 Å². The maximum Gasteiger partial charge on any atom is 0.243 e. The van der Waals surface area contributed by atoms with Gasteiger partial charge in [0, 0.05) is 38.3 Å². The third kappa shape index (κ3) is 4.44. The third-order valence-electron chi connectivity index (χ3n) is 5.36. The van der Waals surface area contributed by atoms with E-state index in [1.54, 1.807) is 22.5 Å².